The summed E-state index contributed by atoms with van der Waals surface area (Å²) in [6.07, 6.45) is 6.28. The first-order valence-electron chi connectivity index (χ1n) is 6.98. The van der Waals surface area contributed by atoms with Gasteiger partial charge in [-0.15, -0.1) is 11.3 Å². The fraction of sp³-hybridized carbons (Fsp3) is 0.267. The van der Waals surface area contributed by atoms with E-state index in [0.29, 0.717) is 17.4 Å². The van der Waals surface area contributed by atoms with Gasteiger partial charge < -0.3 is 10.3 Å². The monoisotopic (exact) mass is 298 g/mol. The Morgan fingerprint density at radius 1 is 1.19 bits per heavy atom. The average molecular weight is 298 g/mol. The van der Waals surface area contributed by atoms with Gasteiger partial charge in [-0.1, -0.05) is 11.2 Å². The van der Waals surface area contributed by atoms with E-state index in [1.807, 2.05) is 18.2 Å². The zero-order valence-corrected chi connectivity index (χ0v) is 12.2. The van der Waals surface area contributed by atoms with Crippen LogP contribution in [0.1, 0.15) is 23.3 Å². The minimum Gasteiger partial charge on any atom is -0.390 e. The molecular weight excluding hydrogens is 284 g/mol. The number of pyridine rings is 1. The number of nitrogen functional groups attached to an aromatic ring is 1. The van der Waals surface area contributed by atoms with Gasteiger partial charge in [0.1, 0.15) is 5.69 Å². The molecule has 2 N–H and O–H groups in total. The van der Waals surface area contributed by atoms with E-state index in [1.54, 1.807) is 17.5 Å². The first-order valence-corrected chi connectivity index (χ1v) is 7.80. The van der Waals surface area contributed by atoms with E-state index >= 15 is 0 Å². The SMILES string of the molecule is Nc1sc2c(c1-c1nc(-c3ccccn3)no1)CCCC2. The maximum Gasteiger partial charge on any atom is 0.261 e. The van der Waals surface area contributed by atoms with E-state index in [0.717, 1.165) is 23.4 Å². The number of hydrogen-bond donors (Lipinski definition) is 1. The molecule has 3 aromatic heterocycles. The van der Waals surface area contributed by atoms with Crippen molar-refractivity contribution < 1.29 is 4.52 Å². The summed E-state index contributed by atoms with van der Waals surface area (Å²) in [6, 6.07) is 5.62. The van der Waals surface area contributed by atoms with Crippen molar-refractivity contribution in [2.24, 2.45) is 0 Å². The minimum absolute atomic E-state index is 0.501. The van der Waals surface area contributed by atoms with Crippen molar-refractivity contribution in [3.63, 3.8) is 0 Å². The van der Waals surface area contributed by atoms with Gasteiger partial charge in [0.2, 0.25) is 5.82 Å². The lowest BCUT2D eigenvalue weighted by atomic mass is 9.95. The minimum atomic E-state index is 0.501. The van der Waals surface area contributed by atoms with Gasteiger partial charge >= 0.3 is 0 Å². The predicted molar refractivity (Wildman–Crippen MR) is 81.9 cm³/mol. The molecule has 0 bridgehead atoms. The quantitative estimate of drug-likeness (QED) is 0.785. The zero-order valence-electron chi connectivity index (χ0n) is 11.4. The molecule has 106 valence electrons. The smallest absolute Gasteiger partial charge is 0.261 e. The van der Waals surface area contributed by atoms with Crippen LogP contribution in [0.4, 0.5) is 5.00 Å². The molecule has 0 amide bonds. The highest BCUT2D eigenvalue weighted by Gasteiger charge is 2.24. The molecule has 3 aromatic rings. The molecule has 0 spiro atoms. The Hall–Kier alpha value is -2.21. The van der Waals surface area contributed by atoms with Crippen molar-refractivity contribution in [2.75, 3.05) is 5.73 Å². The summed E-state index contributed by atoms with van der Waals surface area (Å²) in [7, 11) is 0. The summed E-state index contributed by atoms with van der Waals surface area (Å²) in [5.41, 5.74) is 9.11. The Balaban J connectivity index is 1.78. The lowest BCUT2D eigenvalue weighted by Crippen LogP contribution is -1.99. The predicted octanol–water partition coefficient (Wildman–Crippen LogP) is 3.32. The van der Waals surface area contributed by atoms with E-state index in [1.165, 1.54) is 23.3 Å². The summed E-state index contributed by atoms with van der Waals surface area (Å²) >= 11 is 1.65. The Morgan fingerprint density at radius 3 is 2.95 bits per heavy atom. The molecule has 0 saturated carbocycles. The molecule has 0 fully saturated rings. The third-order valence-electron chi connectivity index (χ3n) is 3.73. The highest BCUT2D eigenvalue weighted by atomic mass is 32.1. The van der Waals surface area contributed by atoms with Crippen LogP contribution >= 0.6 is 11.3 Å². The third-order valence-corrected chi connectivity index (χ3v) is 4.85. The highest BCUT2D eigenvalue weighted by molar-refractivity contribution is 7.16. The lowest BCUT2D eigenvalue weighted by molar-refractivity contribution is 0.432. The van der Waals surface area contributed by atoms with Gasteiger partial charge in [-0.05, 0) is 43.4 Å². The number of nitrogens with zero attached hydrogens (tertiary/aromatic N) is 3. The van der Waals surface area contributed by atoms with Crippen LogP contribution in [0, 0.1) is 0 Å². The van der Waals surface area contributed by atoms with Gasteiger partial charge in [0.25, 0.3) is 5.89 Å². The largest absolute Gasteiger partial charge is 0.390 e. The normalized spacial score (nSPS) is 14.1. The van der Waals surface area contributed by atoms with Crippen LogP contribution in [0.25, 0.3) is 23.0 Å². The molecular formula is C15H14N4OS. The molecule has 6 heteroatoms. The molecule has 0 atom stereocenters. The maximum absolute atomic E-state index is 6.18. The molecule has 4 rings (SSSR count). The zero-order chi connectivity index (χ0) is 14.2. The van der Waals surface area contributed by atoms with Gasteiger partial charge in [0.05, 0.1) is 10.6 Å². The summed E-state index contributed by atoms with van der Waals surface area (Å²) in [5.74, 6) is 1.01. The van der Waals surface area contributed by atoms with Gasteiger partial charge in [-0.3, -0.25) is 4.98 Å². The highest BCUT2D eigenvalue weighted by Crippen LogP contribution is 2.42. The molecule has 1 aliphatic carbocycles. The molecule has 0 aliphatic heterocycles. The number of anilines is 1. The van der Waals surface area contributed by atoms with E-state index in [2.05, 4.69) is 15.1 Å². The van der Waals surface area contributed by atoms with E-state index in [4.69, 9.17) is 10.3 Å². The third kappa shape index (κ3) is 2.12. The van der Waals surface area contributed by atoms with Crippen molar-refractivity contribution in [3.8, 4) is 23.0 Å². The Labute approximate surface area is 125 Å². The maximum atomic E-state index is 6.18. The number of rotatable bonds is 2. The number of aromatic nitrogens is 3. The number of thiophene rings is 1. The second-order valence-electron chi connectivity index (χ2n) is 5.09. The van der Waals surface area contributed by atoms with Crippen LogP contribution < -0.4 is 5.73 Å². The summed E-state index contributed by atoms with van der Waals surface area (Å²) in [4.78, 5) is 10.1. The second-order valence-corrected chi connectivity index (χ2v) is 6.23. The Kier molecular flexibility index (Phi) is 2.96. The topological polar surface area (TPSA) is 77.8 Å². The molecule has 5 nitrogen and oxygen atoms in total. The molecule has 3 heterocycles. The van der Waals surface area contributed by atoms with E-state index in [-0.39, 0.29) is 0 Å². The van der Waals surface area contributed by atoms with Crippen molar-refractivity contribution >= 4 is 16.3 Å². The van der Waals surface area contributed by atoms with Crippen molar-refractivity contribution in [1.29, 1.82) is 0 Å². The molecule has 0 unspecified atom stereocenters. The van der Waals surface area contributed by atoms with Crippen LogP contribution in [-0.2, 0) is 12.8 Å². The molecule has 1 aliphatic rings. The van der Waals surface area contributed by atoms with Crippen LogP contribution in [0.2, 0.25) is 0 Å². The second kappa shape index (κ2) is 4.96. The molecule has 0 saturated heterocycles. The molecule has 21 heavy (non-hydrogen) atoms. The summed E-state index contributed by atoms with van der Waals surface area (Å²) in [6.45, 7) is 0. The molecule has 0 radical (unpaired) electrons. The number of nitrogens with two attached hydrogens (primary N) is 1. The number of fused-ring (bicyclic) bond motifs is 1. The molecule has 0 aromatic carbocycles. The number of aryl methyl sites for hydroxylation is 1. The van der Waals surface area contributed by atoms with E-state index in [9.17, 15) is 0 Å². The summed E-state index contributed by atoms with van der Waals surface area (Å²) < 4.78 is 5.44. The van der Waals surface area contributed by atoms with E-state index < -0.39 is 0 Å². The number of hydrogen-bond acceptors (Lipinski definition) is 6. The fourth-order valence-corrected chi connectivity index (χ4v) is 3.90. The van der Waals surface area contributed by atoms with Crippen molar-refractivity contribution in [2.45, 2.75) is 25.7 Å². The van der Waals surface area contributed by atoms with Gasteiger partial charge in [-0.2, -0.15) is 4.98 Å². The summed E-state index contributed by atoms with van der Waals surface area (Å²) in [5, 5.41) is 4.81. The lowest BCUT2D eigenvalue weighted by Gasteiger charge is -2.10. The van der Waals surface area contributed by atoms with Crippen LogP contribution in [0.5, 0.6) is 0 Å². The standard InChI is InChI=1S/C15H14N4OS/c16-13-12(9-5-1-2-7-11(9)21-13)15-18-14(19-20-15)10-6-3-4-8-17-10/h3-4,6,8H,1-2,5,7,16H2. The van der Waals surface area contributed by atoms with Gasteiger partial charge in [-0.25, -0.2) is 0 Å². The van der Waals surface area contributed by atoms with Crippen molar-refractivity contribution in [1.82, 2.24) is 15.1 Å². The van der Waals surface area contributed by atoms with Crippen LogP contribution in [0.15, 0.2) is 28.9 Å². The van der Waals surface area contributed by atoms with Crippen molar-refractivity contribution in [3.05, 3.63) is 34.8 Å². The van der Waals surface area contributed by atoms with Gasteiger partial charge in [0.15, 0.2) is 0 Å². The fourth-order valence-electron chi connectivity index (χ4n) is 2.75. The Morgan fingerprint density at radius 2 is 2.10 bits per heavy atom. The van der Waals surface area contributed by atoms with Crippen LogP contribution in [-0.4, -0.2) is 15.1 Å². The first-order chi connectivity index (χ1) is 10.3. The first kappa shape index (κ1) is 12.5. The Bertz CT molecular complexity index is 778. The van der Waals surface area contributed by atoms with Gasteiger partial charge in [0, 0.05) is 11.1 Å². The average Bonchev–Trinajstić information content (AvgIpc) is 3.11. The van der Waals surface area contributed by atoms with Crippen LogP contribution in [0.3, 0.4) is 0 Å².